The summed E-state index contributed by atoms with van der Waals surface area (Å²) in [5.41, 5.74) is 0.209. The first kappa shape index (κ1) is 20.5. The maximum Gasteiger partial charge on any atom is 0.449 e. The molecule has 0 amide bonds. The summed E-state index contributed by atoms with van der Waals surface area (Å²) < 4.78 is 72.0. The number of nitrogens with zero attached hydrogens (tertiary/aromatic N) is 2. The van der Waals surface area contributed by atoms with Crippen LogP contribution >= 0.6 is 0 Å². The van der Waals surface area contributed by atoms with Gasteiger partial charge in [-0.05, 0) is 32.0 Å². The molecule has 0 aliphatic carbocycles. The maximum atomic E-state index is 13.2. The summed E-state index contributed by atoms with van der Waals surface area (Å²) in [5.74, 6) is -1.45. The number of aliphatic hydroxyl groups excluding tert-OH is 1. The Kier molecular flexibility index (Phi) is 5.83. The molecule has 0 aliphatic rings. The molecule has 0 fully saturated rings. The molecule has 0 saturated heterocycles. The van der Waals surface area contributed by atoms with Crippen molar-refractivity contribution in [2.75, 3.05) is 24.2 Å². The van der Waals surface area contributed by atoms with E-state index in [0.717, 1.165) is 4.57 Å². The van der Waals surface area contributed by atoms with Crippen LogP contribution in [0, 0.1) is 0 Å². The van der Waals surface area contributed by atoms with Crippen LogP contribution in [0.4, 0.5) is 18.9 Å². The molecule has 1 aromatic carbocycles. The molecule has 0 spiro atoms. The van der Waals surface area contributed by atoms with E-state index in [1.807, 2.05) is 0 Å². The highest BCUT2D eigenvalue weighted by Crippen LogP contribution is 2.34. The quantitative estimate of drug-likeness (QED) is 0.751. The lowest BCUT2D eigenvalue weighted by Gasteiger charge is -2.16. The number of alkyl halides is 3. The number of aromatic nitrogens is 2. The van der Waals surface area contributed by atoms with Crippen molar-refractivity contribution >= 4 is 26.7 Å². The number of aliphatic hydroxyl groups is 1. The summed E-state index contributed by atoms with van der Waals surface area (Å²) in [5, 5.41) is 9.25. The minimum Gasteiger partial charge on any atom is -0.394 e. The molecule has 7 nitrogen and oxygen atoms in total. The van der Waals surface area contributed by atoms with Crippen LogP contribution in [0.3, 0.4) is 0 Å². The number of fused-ring (bicyclic) bond motifs is 1. The largest absolute Gasteiger partial charge is 0.449 e. The third-order valence-corrected chi connectivity index (χ3v) is 5.23. The van der Waals surface area contributed by atoms with Crippen molar-refractivity contribution in [3.63, 3.8) is 0 Å². The Balaban J connectivity index is 2.46. The molecule has 1 aromatic heterocycles. The van der Waals surface area contributed by atoms with E-state index in [9.17, 15) is 26.7 Å². The first-order chi connectivity index (χ1) is 12.0. The highest BCUT2D eigenvalue weighted by atomic mass is 32.2. The van der Waals surface area contributed by atoms with Crippen molar-refractivity contribution in [1.29, 1.82) is 0 Å². The summed E-state index contributed by atoms with van der Waals surface area (Å²) in [7, 11) is -2.36. The van der Waals surface area contributed by atoms with Gasteiger partial charge in [-0.15, -0.1) is 0 Å². The molecular formula is C15H20F3N3O4S. The number of imidazole rings is 1. The molecule has 0 aliphatic heterocycles. The van der Waals surface area contributed by atoms with Gasteiger partial charge in [0.25, 0.3) is 0 Å². The average molecular weight is 395 g/mol. The third kappa shape index (κ3) is 4.46. The minimum absolute atomic E-state index is 0.0300. The molecule has 2 N–H and O–H groups in total. The molecule has 26 heavy (non-hydrogen) atoms. The predicted octanol–water partition coefficient (Wildman–Crippen LogP) is 2.39. The van der Waals surface area contributed by atoms with Gasteiger partial charge in [-0.1, -0.05) is 0 Å². The van der Waals surface area contributed by atoms with E-state index in [0.29, 0.717) is 0 Å². The molecule has 146 valence electrons. The van der Waals surface area contributed by atoms with Crippen LogP contribution in [-0.2, 0) is 20.9 Å². The number of rotatable bonds is 7. The van der Waals surface area contributed by atoms with Gasteiger partial charge in [-0.3, -0.25) is 4.72 Å². The molecule has 0 saturated carbocycles. The monoisotopic (exact) mass is 395 g/mol. The number of hydrogen-bond donors (Lipinski definition) is 2. The molecule has 2 atom stereocenters. The molecule has 2 unspecified atom stereocenters. The fourth-order valence-corrected chi connectivity index (χ4v) is 3.81. The number of methoxy groups -OCH3 is 1. The number of nitrogens with one attached hydrogen (secondary N) is 1. The summed E-state index contributed by atoms with van der Waals surface area (Å²) in [6.45, 7) is 2.51. The van der Waals surface area contributed by atoms with Crippen LogP contribution in [-0.4, -0.2) is 48.6 Å². The van der Waals surface area contributed by atoms with E-state index >= 15 is 0 Å². The number of benzene rings is 1. The van der Waals surface area contributed by atoms with Gasteiger partial charge in [0.1, 0.15) is 0 Å². The van der Waals surface area contributed by atoms with Gasteiger partial charge < -0.3 is 14.4 Å². The number of halogens is 3. The average Bonchev–Trinajstić information content (AvgIpc) is 2.92. The van der Waals surface area contributed by atoms with Crippen molar-refractivity contribution in [2.45, 2.75) is 32.2 Å². The Morgan fingerprint density at radius 2 is 2.00 bits per heavy atom. The van der Waals surface area contributed by atoms with Crippen molar-refractivity contribution in [3.05, 3.63) is 24.0 Å². The standard InChI is InChI=1S/C15H20F3N3O4S/c1-9(7-22)21-13-5-4-11(20-26(23,24)8-10(2)25-3)6-12(13)19-14(21)15(16,17)18/h4-6,9-10,20,22H,7-8H2,1-3H3. The van der Waals surface area contributed by atoms with Gasteiger partial charge in [0.2, 0.25) is 15.8 Å². The summed E-state index contributed by atoms with van der Waals surface area (Å²) in [4.78, 5) is 3.59. The fourth-order valence-electron chi connectivity index (χ4n) is 2.49. The van der Waals surface area contributed by atoms with Crippen LogP contribution in [0.1, 0.15) is 25.7 Å². The molecular weight excluding hydrogens is 375 g/mol. The topological polar surface area (TPSA) is 93.5 Å². The molecule has 11 heteroatoms. The van der Waals surface area contributed by atoms with Crippen molar-refractivity contribution in [2.24, 2.45) is 0 Å². The number of hydrogen-bond acceptors (Lipinski definition) is 5. The zero-order valence-electron chi connectivity index (χ0n) is 14.4. The number of ether oxygens (including phenoxy) is 1. The number of sulfonamides is 1. The minimum atomic E-state index is -4.71. The Morgan fingerprint density at radius 3 is 2.54 bits per heavy atom. The van der Waals surface area contributed by atoms with E-state index in [1.54, 1.807) is 6.92 Å². The van der Waals surface area contributed by atoms with Gasteiger partial charge in [0.15, 0.2) is 0 Å². The van der Waals surface area contributed by atoms with Gasteiger partial charge in [0.05, 0.1) is 41.2 Å². The number of anilines is 1. The van der Waals surface area contributed by atoms with Gasteiger partial charge in [0, 0.05) is 7.11 Å². The lowest BCUT2D eigenvalue weighted by Crippen LogP contribution is -2.25. The van der Waals surface area contributed by atoms with E-state index < -0.39 is 40.8 Å². The van der Waals surface area contributed by atoms with Crippen LogP contribution in [0.2, 0.25) is 0 Å². The Labute approximate surface area is 148 Å². The van der Waals surface area contributed by atoms with Crippen molar-refractivity contribution in [1.82, 2.24) is 9.55 Å². The van der Waals surface area contributed by atoms with Crippen LogP contribution in [0.25, 0.3) is 11.0 Å². The zero-order valence-corrected chi connectivity index (χ0v) is 15.2. The van der Waals surface area contributed by atoms with E-state index in [2.05, 4.69) is 9.71 Å². The van der Waals surface area contributed by atoms with E-state index in [1.165, 1.54) is 32.2 Å². The SMILES string of the molecule is COC(C)CS(=O)(=O)Nc1ccc2c(c1)nc(C(F)(F)F)n2C(C)CO. The molecule has 2 rings (SSSR count). The van der Waals surface area contributed by atoms with Crippen LogP contribution in [0.15, 0.2) is 18.2 Å². The summed E-state index contributed by atoms with van der Waals surface area (Å²) in [6, 6.07) is 3.06. The summed E-state index contributed by atoms with van der Waals surface area (Å²) in [6.07, 6.45) is -5.26. The fraction of sp³-hybridized carbons (Fsp3) is 0.533. The molecule has 2 aromatic rings. The van der Waals surface area contributed by atoms with Crippen LogP contribution in [0.5, 0.6) is 0 Å². The van der Waals surface area contributed by atoms with Gasteiger partial charge >= 0.3 is 6.18 Å². The first-order valence-corrected chi connectivity index (χ1v) is 9.37. The van der Waals surface area contributed by atoms with E-state index in [-0.39, 0.29) is 22.5 Å². The summed E-state index contributed by atoms with van der Waals surface area (Å²) >= 11 is 0. The second-order valence-electron chi connectivity index (χ2n) is 5.97. The normalized spacial score (nSPS) is 15.2. The molecule has 1 heterocycles. The van der Waals surface area contributed by atoms with Crippen LogP contribution < -0.4 is 4.72 Å². The van der Waals surface area contributed by atoms with Gasteiger partial charge in [-0.25, -0.2) is 13.4 Å². The van der Waals surface area contributed by atoms with Crippen molar-refractivity contribution in [3.8, 4) is 0 Å². The predicted molar refractivity (Wildman–Crippen MR) is 90.4 cm³/mol. The molecule has 0 bridgehead atoms. The third-order valence-electron chi connectivity index (χ3n) is 3.78. The lowest BCUT2D eigenvalue weighted by molar-refractivity contribution is -0.147. The Bertz CT molecular complexity index is 880. The maximum absolute atomic E-state index is 13.2. The zero-order chi connectivity index (χ0) is 19.7. The first-order valence-electron chi connectivity index (χ1n) is 7.72. The Hall–Kier alpha value is -1.85. The second-order valence-corrected chi connectivity index (χ2v) is 7.74. The molecule has 0 radical (unpaired) electrons. The lowest BCUT2D eigenvalue weighted by atomic mass is 10.2. The Morgan fingerprint density at radius 1 is 1.35 bits per heavy atom. The second kappa shape index (κ2) is 7.41. The van der Waals surface area contributed by atoms with E-state index in [4.69, 9.17) is 4.74 Å². The highest BCUT2D eigenvalue weighted by molar-refractivity contribution is 7.92. The van der Waals surface area contributed by atoms with Crippen molar-refractivity contribution < 1.29 is 31.4 Å². The smallest absolute Gasteiger partial charge is 0.394 e. The van der Waals surface area contributed by atoms with Gasteiger partial charge in [-0.2, -0.15) is 13.2 Å². The highest BCUT2D eigenvalue weighted by Gasteiger charge is 2.38.